The Morgan fingerprint density at radius 1 is 1.04 bits per heavy atom. The summed E-state index contributed by atoms with van der Waals surface area (Å²) in [6.45, 7) is 4.28. The van der Waals surface area contributed by atoms with E-state index in [1.807, 2.05) is 67.6 Å². The molecule has 0 aromatic heterocycles. The lowest BCUT2D eigenvalue weighted by Crippen LogP contribution is -2.32. The van der Waals surface area contributed by atoms with E-state index in [2.05, 4.69) is 13.0 Å². The Kier molecular flexibility index (Phi) is 7.41. The van der Waals surface area contributed by atoms with Gasteiger partial charge in [-0.1, -0.05) is 80.4 Å². The number of ether oxygens (including phenoxy) is 1. The van der Waals surface area contributed by atoms with Gasteiger partial charge in [0.2, 0.25) is 0 Å². The third-order valence-corrected chi connectivity index (χ3v) is 4.80. The Bertz CT molecular complexity index is 679. The van der Waals surface area contributed by atoms with Gasteiger partial charge in [0, 0.05) is 0 Å². The Labute approximate surface area is 156 Å². The van der Waals surface area contributed by atoms with Crippen LogP contribution in [0.25, 0.3) is 0 Å². The minimum absolute atomic E-state index is 0.201. The summed E-state index contributed by atoms with van der Waals surface area (Å²) < 4.78 is 5.31. The van der Waals surface area contributed by atoms with E-state index < -0.39 is 5.41 Å². The molecular formula is C23H27NO2. The van der Waals surface area contributed by atoms with Gasteiger partial charge in [0.15, 0.2) is 0 Å². The van der Waals surface area contributed by atoms with Crippen molar-refractivity contribution in [2.24, 2.45) is 5.92 Å². The van der Waals surface area contributed by atoms with Crippen LogP contribution in [0.5, 0.6) is 0 Å². The van der Waals surface area contributed by atoms with Crippen LogP contribution in [0.1, 0.15) is 50.7 Å². The smallest absolute Gasteiger partial charge is 0.308 e. The van der Waals surface area contributed by atoms with E-state index in [1.165, 1.54) is 0 Å². The van der Waals surface area contributed by atoms with Crippen LogP contribution < -0.4 is 0 Å². The summed E-state index contributed by atoms with van der Waals surface area (Å²) >= 11 is 0. The van der Waals surface area contributed by atoms with Gasteiger partial charge in [-0.25, -0.2) is 0 Å². The van der Waals surface area contributed by atoms with E-state index >= 15 is 0 Å². The molecular weight excluding hydrogens is 322 g/mol. The molecule has 136 valence electrons. The monoisotopic (exact) mass is 349 g/mol. The maximum atomic E-state index is 12.6. The molecule has 1 atom stereocenters. The first kappa shape index (κ1) is 19.7. The zero-order chi connectivity index (χ0) is 18.8. The van der Waals surface area contributed by atoms with E-state index in [9.17, 15) is 10.1 Å². The molecule has 26 heavy (non-hydrogen) atoms. The maximum Gasteiger partial charge on any atom is 0.308 e. The summed E-state index contributed by atoms with van der Waals surface area (Å²) in [7, 11) is 0. The summed E-state index contributed by atoms with van der Waals surface area (Å²) in [5, 5.41) is 10.3. The molecule has 2 rings (SSSR count). The second kappa shape index (κ2) is 9.77. The lowest BCUT2D eigenvalue weighted by molar-refractivity contribution is -0.148. The highest BCUT2D eigenvalue weighted by Crippen LogP contribution is 2.39. The van der Waals surface area contributed by atoms with Crippen molar-refractivity contribution in [3.05, 3.63) is 71.8 Å². The zero-order valence-corrected chi connectivity index (χ0v) is 15.7. The molecule has 3 heteroatoms. The number of nitriles is 1. The van der Waals surface area contributed by atoms with Crippen molar-refractivity contribution in [1.29, 1.82) is 5.26 Å². The van der Waals surface area contributed by atoms with Gasteiger partial charge in [0.1, 0.15) is 5.41 Å². The first-order chi connectivity index (χ1) is 12.7. The zero-order valence-electron chi connectivity index (χ0n) is 15.7. The Hall–Kier alpha value is -2.60. The summed E-state index contributed by atoms with van der Waals surface area (Å²) in [6, 6.07) is 22.1. The van der Waals surface area contributed by atoms with Gasteiger partial charge in [-0.15, -0.1) is 0 Å². The van der Waals surface area contributed by atoms with Crippen LogP contribution in [0, 0.1) is 17.2 Å². The molecule has 3 nitrogen and oxygen atoms in total. The largest absolute Gasteiger partial charge is 0.466 e. The first-order valence-corrected chi connectivity index (χ1v) is 9.36. The summed E-state index contributed by atoms with van der Waals surface area (Å²) in [5.74, 6) is -0.498. The van der Waals surface area contributed by atoms with Gasteiger partial charge < -0.3 is 4.74 Å². The predicted molar refractivity (Wildman–Crippen MR) is 104 cm³/mol. The number of carbonyl (C=O) groups excluding carboxylic acids is 1. The van der Waals surface area contributed by atoms with Crippen molar-refractivity contribution >= 4 is 5.97 Å². The fraction of sp³-hybridized carbons (Fsp3) is 0.391. The maximum absolute atomic E-state index is 12.6. The SMILES string of the molecule is CCCCC(CC(C#N)(c1ccccc1)c1ccccc1)C(=O)OCC. The van der Waals surface area contributed by atoms with Crippen molar-refractivity contribution in [1.82, 2.24) is 0 Å². The summed E-state index contributed by atoms with van der Waals surface area (Å²) in [5.41, 5.74) is 0.965. The topological polar surface area (TPSA) is 50.1 Å². The molecule has 0 fully saturated rings. The molecule has 0 saturated carbocycles. The van der Waals surface area contributed by atoms with E-state index in [-0.39, 0.29) is 11.9 Å². The number of carbonyl (C=O) groups is 1. The lowest BCUT2D eigenvalue weighted by atomic mass is 9.69. The van der Waals surface area contributed by atoms with Crippen molar-refractivity contribution in [2.75, 3.05) is 6.61 Å². The van der Waals surface area contributed by atoms with E-state index in [1.54, 1.807) is 0 Å². The first-order valence-electron chi connectivity index (χ1n) is 9.36. The van der Waals surface area contributed by atoms with Crippen LogP contribution >= 0.6 is 0 Å². The number of hydrogen-bond acceptors (Lipinski definition) is 3. The van der Waals surface area contributed by atoms with Gasteiger partial charge in [0.05, 0.1) is 18.6 Å². The molecule has 0 aliphatic carbocycles. The van der Waals surface area contributed by atoms with E-state index in [0.717, 1.165) is 30.4 Å². The number of benzene rings is 2. The van der Waals surface area contributed by atoms with Crippen LogP contribution in [0.4, 0.5) is 0 Å². The summed E-state index contributed by atoms with van der Waals surface area (Å²) in [6.07, 6.45) is 3.11. The fourth-order valence-corrected chi connectivity index (χ4v) is 3.41. The molecule has 0 spiro atoms. The van der Waals surface area contributed by atoms with Gasteiger partial charge in [0.25, 0.3) is 0 Å². The number of esters is 1. The van der Waals surface area contributed by atoms with Crippen molar-refractivity contribution in [3.63, 3.8) is 0 Å². The Morgan fingerprint density at radius 3 is 2.00 bits per heavy atom. The van der Waals surface area contributed by atoms with Crippen LogP contribution in [0.3, 0.4) is 0 Å². The summed E-state index contributed by atoms with van der Waals surface area (Å²) in [4.78, 5) is 12.6. The van der Waals surface area contributed by atoms with E-state index in [4.69, 9.17) is 4.74 Å². The molecule has 2 aromatic rings. The normalized spacial score (nSPS) is 12.2. The highest BCUT2D eigenvalue weighted by Gasteiger charge is 2.39. The van der Waals surface area contributed by atoms with Gasteiger partial charge in [-0.2, -0.15) is 5.26 Å². The van der Waals surface area contributed by atoms with Gasteiger partial charge in [-0.3, -0.25) is 4.79 Å². The Morgan fingerprint density at radius 2 is 1.58 bits per heavy atom. The second-order valence-electron chi connectivity index (χ2n) is 6.54. The predicted octanol–water partition coefficient (Wildman–Crippen LogP) is 5.26. The second-order valence-corrected chi connectivity index (χ2v) is 6.54. The lowest BCUT2D eigenvalue weighted by Gasteiger charge is -2.31. The van der Waals surface area contributed by atoms with Crippen LogP contribution in [0.15, 0.2) is 60.7 Å². The number of hydrogen-bond donors (Lipinski definition) is 0. The molecule has 0 amide bonds. The number of nitrogens with zero attached hydrogens (tertiary/aromatic N) is 1. The van der Waals surface area contributed by atoms with Crippen LogP contribution in [-0.4, -0.2) is 12.6 Å². The van der Waals surface area contributed by atoms with Gasteiger partial charge >= 0.3 is 5.97 Å². The van der Waals surface area contributed by atoms with Gasteiger partial charge in [-0.05, 0) is 30.9 Å². The average molecular weight is 349 g/mol. The minimum atomic E-state index is -0.867. The molecule has 0 radical (unpaired) electrons. The standard InChI is InChI=1S/C23H27NO2/c1-3-5-12-19(22(25)26-4-2)17-23(18-24,20-13-8-6-9-14-20)21-15-10-7-11-16-21/h6-11,13-16,19H,3-5,12,17H2,1-2H3. The molecule has 0 heterocycles. The minimum Gasteiger partial charge on any atom is -0.466 e. The molecule has 0 bridgehead atoms. The van der Waals surface area contributed by atoms with Crippen molar-refractivity contribution in [2.45, 2.75) is 44.9 Å². The average Bonchev–Trinajstić information content (AvgIpc) is 2.70. The van der Waals surface area contributed by atoms with Crippen molar-refractivity contribution in [3.8, 4) is 6.07 Å². The quantitative estimate of drug-likeness (QED) is 0.581. The van der Waals surface area contributed by atoms with Crippen LogP contribution in [0.2, 0.25) is 0 Å². The number of unbranched alkanes of at least 4 members (excludes halogenated alkanes) is 1. The molecule has 2 aromatic carbocycles. The van der Waals surface area contributed by atoms with Crippen molar-refractivity contribution < 1.29 is 9.53 Å². The molecule has 0 N–H and O–H groups in total. The van der Waals surface area contributed by atoms with Crippen LogP contribution in [-0.2, 0) is 14.9 Å². The molecule has 0 aliphatic heterocycles. The number of rotatable bonds is 9. The molecule has 0 saturated heterocycles. The highest BCUT2D eigenvalue weighted by atomic mass is 16.5. The van der Waals surface area contributed by atoms with E-state index in [0.29, 0.717) is 13.0 Å². The molecule has 0 aliphatic rings. The third-order valence-electron chi connectivity index (χ3n) is 4.80. The Balaban J connectivity index is 2.49. The molecule has 1 unspecified atom stereocenters. The third kappa shape index (κ3) is 4.52. The highest BCUT2D eigenvalue weighted by molar-refractivity contribution is 5.73. The fourth-order valence-electron chi connectivity index (χ4n) is 3.41.